The van der Waals surface area contributed by atoms with Crippen molar-refractivity contribution in [2.24, 2.45) is 0 Å². The molecule has 232 valence electrons. The monoisotopic (exact) mass is 586 g/mol. The summed E-state index contributed by atoms with van der Waals surface area (Å²) in [6.45, 7) is 4.86. The second kappa shape index (κ2) is 27.2. The van der Waals surface area contributed by atoms with Gasteiger partial charge in [-0.15, -0.1) is 0 Å². The van der Waals surface area contributed by atoms with Gasteiger partial charge in [0, 0.05) is 13.2 Å². The zero-order valence-electron chi connectivity index (χ0n) is 26.1. The van der Waals surface area contributed by atoms with Crippen LogP contribution in [-0.4, -0.2) is 19.8 Å². The van der Waals surface area contributed by atoms with Crippen molar-refractivity contribution in [1.29, 1.82) is 0 Å². The third kappa shape index (κ3) is 21.7. The molecule has 0 unspecified atom stereocenters. The van der Waals surface area contributed by atoms with Gasteiger partial charge >= 0.3 is 8.60 Å². The third-order valence-electron chi connectivity index (χ3n) is 7.37. The molecular weight excluding hydrogens is 527 g/mol. The molecule has 2 rings (SSSR count). The first kappa shape index (κ1) is 35.6. The van der Waals surface area contributed by atoms with Gasteiger partial charge in [0.15, 0.2) is 0 Å². The maximum atomic E-state index is 6.01. The van der Waals surface area contributed by atoms with Gasteiger partial charge in [0.2, 0.25) is 0 Å². The van der Waals surface area contributed by atoms with Crippen molar-refractivity contribution in [3.05, 3.63) is 60.7 Å². The van der Waals surface area contributed by atoms with E-state index in [2.05, 4.69) is 6.92 Å². The molecule has 0 aliphatic rings. The summed E-state index contributed by atoms with van der Waals surface area (Å²) < 4.78 is 23.8. The molecule has 0 bridgehead atoms. The van der Waals surface area contributed by atoms with Crippen LogP contribution < -0.4 is 9.05 Å². The van der Waals surface area contributed by atoms with Gasteiger partial charge in [-0.05, 0) is 43.5 Å². The van der Waals surface area contributed by atoms with Gasteiger partial charge in [-0.2, -0.15) is 0 Å². The Kier molecular flexibility index (Phi) is 23.6. The quantitative estimate of drug-likeness (QED) is 0.0702. The largest absolute Gasteiger partial charge is 0.463 e. The maximum Gasteiger partial charge on any atom is 0.463 e. The number of hydrogen-bond acceptors (Lipinski definition) is 4. The molecule has 0 heterocycles. The molecule has 0 aliphatic carbocycles. The van der Waals surface area contributed by atoms with Crippen LogP contribution in [0.4, 0.5) is 0 Å². The lowest BCUT2D eigenvalue weighted by Crippen LogP contribution is -2.01. The van der Waals surface area contributed by atoms with E-state index in [1.807, 2.05) is 60.7 Å². The SMILES string of the molecule is CCCCCCCCCCCCOCCCCCCCCCCCCOP(Oc1ccccc1)Oc1ccccc1. The van der Waals surface area contributed by atoms with Crippen LogP contribution in [0.3, 0.4) is 0 Å². The second-order valence-electron chi connectivity index (χ2n) is 11.2. The Balaban J connectivity index is 1.32. The zero-order chi connectivity index (χ0) is 28.9. The summed E-state index contributed by atoms with van der Waals surface area (Å²) in [7, 11) is -1.47. The number of ether oxygens (including phenoxy) is 1. The molecule has 0 atom stereocenters. The number of benzene rings is 2. The molecule has 2 aromatic rings. The second-order valence-corrected chi connectivity index (χ2v) is 12.3. The average molecular weight is 587 g/mol. The summed E-state index contributed by atoms with van der Waals surface area (Å²) in [6, 6.07) is 19.5. The van der Waals surface area contributed by atoms with E-state index in [-0.39, 0.29) is 0 Å². The number of para-hydroxylation sites is 2. The van der Waals surface area contributed by atoms with Gasteiger partial charge in [0.25, 0.3) is 0 Å². The molecule has 0 aromatic heterocycles. The summed E-state index contributed by atoms with van der Waals surface area (Å²) in [6.07, 6.45) is 26.6. The summed E-state index contributed by atoms with van der Waals surface area (Å²) in [5, 5.41) is 0. The molecule has 41 heavy (non-hydrogen) atoms. The fourth-order valence-corrected chi connectivity index (χ4v) is 5.87. The molecule has 0 radical (unpaired) electrons. The topological polar surface area (TPSA) is 36.9 Å². The average Bonchev–Trinajstić information content (AvgIpc) is 3.00. The highest BCUT2D eigenvalue weighted by Crippen LogP contribution is 2.41. The standard InChI is InChI=1S/C36H59O4P/c1-2-3-4-5-6-7-10-13-16-25-32-37-33-26-17-14-11-8-9-12-15-18-27-34-38-41(39-35-28-21-19-22-29-35)40-36-30-23-20-24-31-36/h19-24,28-31H,2-18,25-27,32-34H2,1H3. The first-order valence-corrected chi connectivity index (χ1v) is 17.9. The van der Waals surface area contributed by atoms with Crippen molar-refractivity contribution in [1.82, 2.24) is 0 Å². The van der Waals surface area contributed by atoms with E-state index in [9.17, 15) is 0 Å². The molecule has 5 heteroatoms. The summed E-state index contributed by atoms with van der Waals surface area (Å²) in [5.41, 5.74) is 0. The smallest absolute Gasteiger partial charge is 0.418 e. The van der Waals surface area contributed by atoms with Crippen LogP contribution >= 0.6 is 8.60 Å². The van der Waals surface area contributed by atoms with E-state index in [0.717, 1.165) is 31.1 Å². The Morgan fingerprint density at radius 3 is 1.15 bits per heavy atom. The van der Waals surface area contributed by atoms with Crippen molar-refractivity contribution >= 4 is 8.60 Å². The van der Waals surface area contributed by atoms with Crippen LogP contribution in [0.25, 0.3) is 0 Å². The molecule has 0 spiro atoms. The van der Waals surface area contributed by atoms with E-state index < -0.39 is 8.60 Å². The first-order chi connectivity index (χ1) is 20.4. The van der Waals surface area contributed by atoms with E-state index in [1.165, 1.54) is 122 Å². The molecule has 0 aliphatic heterocycles. The Hall–Kier alpha value is -1.61. The minimum absolute atomic E-state index is 0.659. The van der Waals surface area contributed by atoms with E-state index in [4.69, 9.17) is 18.3 Å². The Morgan fingerprint density at radius 1 is 0.415 bits per heavy atom. The molecule has 0 fully saturated rings. The van der Waals surface area contributed by atoms with Gasteiger partial charge in [-0.25, -0.2) is 0 Å². The van der Waals surface area contributed by atoms with Crippen molar-refractivity contribution in [3.8, 4) is 11.5 Å². The van der Waals surface area contributed by atoms with Crippen LogP contribution in [-0.2, 0) is 9.26 Å². The number of unbranched alkanes of at least 4 members (excludes halogenated alkanes) is 18. The summed E-state index contributed by atoms with van der Waals surface area (Å²) >= 11 is 0. The van der Waals surface area contributed by atoms with E-state index >= 15 is 0 Å². The number of rotatable bonds is 29. The van der Waals surface area contributed by atoms with Crippen LogP contribution in [0.15, 0.2) is 60.7 Å². The van der Waals surface area contributed by atoms with Crippen molar-refractivity contribution < 1.29 is 18.3 Å². The fourth-order valence-electron chi connectivity index (χ4n) is 4.86. The fraction of sp³-hybridized carbons (Fsp3) is 0.667. The normalized spacial score (nSPS) is 11.3. The maximum absolute atomic E-state index is 6.01. The molecule has 2 aromatic carbocycles. The van der Waals surface area contributed by atoms with Gasteiger partial charge in [0.1, 0.15) is 11.5 Å². The van der Waals surface area contributed by atoms with Crippen LogP contribution in [0, 0.1) is 0 Å². The van der Waals surface area contributed by atoms with Gasteiger partial charge in [0.05, 0.1) is 6.61 Å². The molecule has 0 amide bonds. The van der Waals surface area contributed by atoms with Crippen molar-refractivity contribution in [2.45, 2.75) is 135 Å². The molecule has 0 N–H and O–H groups in total. The van der Waals surface area contributed by atoms with Crippen LogP contribution in [0.1, 0.15) is 135 Å². The molecule has 0 saturated heterocycles. The van der Waals surface area contributed by atoms with Gasteiger partial charge < -0.3 is 13.8 Å². The minimum Gasteiger partial charge on any atom is -0.418 e. The molecule has 4 nitrogen and oxygen atoms in total. The molecular formula is C36H59O4P. The molecule has 0 saturated carbocycles. The summed E-state index contributed by atoms with van der Waals surface area (Å²) in [4.78, 5) is 0. The zero-order valence-corrected chi connectivity index (χ0v) is 27.0. The summed E-state index contributed by atoms with van der Waals surface area (Å²) in [5.74, 6) is 1.54. The highest BCUT2D eigenvalue weighted by molar-refractivity contribution is 7.42. The predicted molar refractivity (Wildman–Crippen MR) is 176 cm³/mol. The van der Waals surface area contributed by atoms with Crippen molar-refractivity contribution in [2.75, 3.05) is 19.8 Å². The Bertz CT molecular complexity index is 747. The first-order valence-electron chi connectivity index (χ1n) is 16.9. The third-order valence-corrected chi connectivity index (χ3v) is 8.48. The lowest BCUT2D eigenvalue weighted by atomic mass is 10.1. The van der Waals surface area contributed by atoms with E-state index in [1.54, 1.807) is 0 Å². The van der Waals surface area contributed by atoms with Crippen LogP contribution in [0.5, 0.6) is 11.5 Å². The highest BCUT2D eigenvalue weighted by atomic mass is 31.2. The van der Waals surface area contributed by atoms with Crippen LogP contribution in [0.2, 0.25) is 0 Å². The lowest BCUT2D eigenvalue weighted by Gasteiger charge is -2.17. The minimum atomic E-state index is -1.47. The highest BCUT2D eigenvalue weighted by Gasteiger charge is 2.17. The van der Waals surface area contributed by atoms with E-state index in [0.29, 0.717) is 6.61 Å². The van der Waals surface area contributed by atoms with Gasteiger partial charge in [-0.1, -0.05) is 152 Å². The van der Waals surface area contributed by atoms with Crippen molar-refractivity contribution in [3.63, 3.8) is 0 Å². The predicted octanol–water partition coefficient (Wildman–Crippen LogP) is 12.2. The Morgan fingerprint density at radius 2 is 0.756 bits per heavy atom. The van der Waals surface area contributed by atoms with Gasteiger partial charge in [-0.3, -0.25) is 4.52 Å². The number of hydrogen-bond donors (Lipinski definition) is 0. The lowest BCUT2D eigenvalue weighted by molar-refractivity contribution is 0.125. The Labute approximate surface area is 253 Å².